The van der Waals surface area contributed by atoms with Gasteiger partial charge in [0, 0.05) is 39.3 Å². The van der Waals surface area contributed by atoms with Crippen LogP contribution in [0, 0.1) is 28.6 Å². The minimum absolute atomic E-state index is 0.0474. The predicted molar refractivity (Wildman–Crippen MR) is 160 cm³/mol. The Bertz CT molecular complexity index is 1470. The molecule has 3 saturated carbocycles. The second-order valence-corrected chi connectivity index (χ2v) is 14.9. The lowest BCUT2D eigenvalue weighted by atomic mass is 9.44. The molecule has 44 heavy (non-hydrogen) atoms. The van der Waals surface area contributed by atoms with E-state index in [9.17, 15) is 19.5 Å². The number of carbonyl (C=O) groups is 3. The van der Waals surface area contributed by atoms with Crippen molar-refractivity contribution in [3.05, 3.63) is 53.1 Å². The number of ketones is 2. The number of aliphatic hydroxyl groups is 1. The number of Topliss-reactive ketones (excluding diaryl/α,β-unsaturated/α-hetero) is 1. The maximum absolute atomic E-state index is 17.7. The number of thioether (sulfide) groups is 1. The van der Waals surface area contributed by atoms with Gasteiger partial charge in [-0.15, -0.1) is 11.8 Å². The van der Waals surface area contributed by atoms with Crippen molar-refractivity contribution in [2.45, 2.75) is 62.7 Å². The first-order valence-electron chi connectivity index (χ1n) is 15.0. The maximum Gasteiger partial charge on any atom is 0.324 e. The van der Waals surface area contributed by atoms with Gasteiger partial charge in [-0.2, -0.15) is 0 Å². The molecule has 12 heteroatoms. The number of aliphatic hydroxyl groups excluding tert-OH is 1. The average Bonchev–Trinajstić information content (AvgIpc) is 3.71. The smallest absolute Gasteiger partial charge is 0.324 e. The lowest BCUT2D eigenvalue weighted by Crippen LogP contribution is -2.70. The lowest BCUT2D eigenvalue weighted by Gasteiger charge is -2.63. The molecule has 10 atom stereocenters. The van der Waals surface area contributed by atoms with E-state index in [1.54, 1.807) is 48.0 Å². The number of hydrogen-bond acceptors (Lipinski definition) is 9. The second kappa shape index (κ2) is 10.4. The van der Waals surface area contributed by atoms with Crippen molar-refractivity contribution in [3.63, 3.8) is 0 Å². The van der Waals surface area contributed by atoms with Crippen molar-refractivity contribution in [1.29, 1.82) is 0 Å². The fraction of sp³-hybridized carbons (Fsp3) is 0.594. The molecule has 8 nitrogen and oxygen atoms in total. The standard InChI is InChI=1S/C32H35ClF2N2O6S/c1-29-8-7-20(38)10-23(29)24(34)11-22-21-9-17-13-37(19-5-3-18(33)4-6-19)43-32(17,30(21,2)12-26(39)31(22,29)35)27(40)14-42-28(41)25-15-44-16-36-25/h3-8,10,17,21-22,24-26,36,39H,9,11-16H2,1-2H3. The summed E-state index contributed by atoms with van der Waals surface area (Å²) in [6.45, 7) is 3.11. The first-order chi connectivity index (χ1) is 20.8. The number of alkyl halides is 2. The van der Waals surface area contributed by atoms with Gasteiger partial charge in [-0.1, -0.05) is 24.6 Å². The van der Waals surface area contributed by atoms with Gasteiger partial charge in [-0.3, -0.25) is 29.6 Å². The Hall–Kier alpha value is -2.31. The van der Waals surface area contributed by atoms with Crippen LogP contribution < -0.4 is 10.4 Å². The van der Waals surface area contributed by atoms with E-state index in [-0.39, 0.29) is 25.0 Å². The number of hydrogen-bond donors (Lipinski definition) is 2. The van der Waals surface area contributed by atoms with E-state index in [1.807, 2.05) is 6.92 Å². The number of benzene rings is 1. The number of allylic oxidation sites excluding steroid dienone is 4. The summed E-state index contributed by atoms with van der Waals surface area (Å²) in [7, 11) is 0. The first kappa shape index (κ1) is 30.3. The summed E-state index contributed by atoms with van der Waals surface area (Å²) >= 11 is 7.67. The zero-order valence-corrected chi connectivity index (χ0v) is 26.0. The number of rotatable bonds is 5. The van der Waals surface area contributed by atoms with Crippen molar-refractivity contribution in [3.8, 4) is 0 Å². The quantitative estimate of drug-likeness (QED) is 0.456. The highest BCUT2D eigenvalue weighted by Gasteiger charge is 2.79. The van der Waals surface area contributed by atoms with Gasteiger partial charge >= 0.3 is 5.97 Å². The molecule has 0 spiro atoms. The third-order valence-electron chi connectivity index (χ3n) is 11.5. The summed E-state index contributed by atoms with van der Waals surface area (Å²) in [6.07, 6.45) is 0.602. The van der Waals surface area contributed by atoms with Crippen LogP contribution >= 0.6 is 23.4 Å². The predicted octanol–water partition coefficient (Wildman–Crippen LogP) is 4.15. The minimum atomic E-state index is -2.28. The average molecular weight is 649 g/mol. The molecule has 0 aromatic heterocycles. The number of halogens is 3. The SMILES string of the molecule is CC12C=CC(=O)C=C1C(F)CC1C3CC4CN(c5ccc(Cl)cc5)OC4(C(=O)COC(=O)C4CSCN4)C3(C)CC(O)C12F. The van der Waals surface area contributed by atoms with Crippen LogP contribution in [-0.4, -0.2) is 77.0 Å². The van der Waals surface area contributed by atoms with Crippen LogP contribution in [0.3, 0.4) is 0 Å². The van der Waals surface area contributed by atoms with Gasteiger partial charge in [0.2, 0.25) is 5.78 Å². The summed E-state index contributed by atoms with van der Waals surface area (Å²) < 4.78 is 39.1. The van der Waals surface area contributed by atoms with Crippen molar-refractivity contribution in [2.24, 2.45) is 28.6 Å². The Kier molecular flexibility index (Phi) is 7.14. The molecule has 5 fully saturated rings. The van der Waals surface area contributed by atoms with Gasteiger partial charge in [0.1, 0.15) is 12.2 Å². The fourth-order valence-electron chi connectivity index (χ4n) is 9.40. The van der Waals surface area contributed by atoms with Crippen LogP contribution in [0.1, 0.15) is 33.1 Å². The van der Waals surface area contributed by atoms with E-state index in [0.717, 1.165) is 6.08 Å². The molecule has 10 unspecified atom stereocenters. The molecule has 0 bridgehead atoms. The van der Waals surface area contributed by atoms with Gasteiger partial charge in [0.05, 0.1) is 18.3 Å². The van der Waals surface area contributed by atoms with E-state index >= 15 is 8.78 Å². The summed E-state index contributed by atoms with van der Waals surface area (Å²) in [5.41, 5.74) is -5.80. The first-order valence-corrected chi connectivity index (χ1v) is 16.6. The van der Waals surface area contributed by atoms with E-state index in [2.05, 4.69) is 5.32 Å². The normalized spacial score (nSPS) is 44.0. The van der Waals surface area contributed by atoms with E-state index in [1.165, 1.54) is 12.2 Å². The van der Waals surface area contributed by atoms with Crippen molar-refractivity contribution in [1.82, 2.24) is 5.32 Å². The lowest BCUT2D eigenvalue weighted by molar-refractivity contribution is -0.228. The number of nitrogens with one attached hydrogen (secondary N) is 1. The van der Waals surface area contributed by atoms with Gasteiger partial charge in [-0.25, -0.2) is 8.78 Å². The van der Waals surface area contributed by atoms with Crippen LogP contribution in [0.25, 0.3) is 0 Å². The Balaban J connectivity index is 1.27. The minimum Gasteiger partial charge on any atom is -0.456 e. The number of nitrogens with zero attached hydrogens (tertiary/aromatic N) is 1. The largest absolute Gasteiger partial charge is 0.456 e. The Labute approximate surface area is 263 Å². The molecule has 0 radical (unpaired) electrons. The summed E-state index contributed by atoms with van der Waals surface area (Å²) in [5.74, 6) is -2.22. The Morgan fingerprint density at radius 2 is 1.98 bits per heavy atom. The second-order valence-electron chi connectivity index (χ2n) is 13.5. The topological polar surface area (TPSA) is 105 Å². The molecule has 4 aliphatic carbocycles. The monoisotopic (exact) mass is 648 g/mol. The van der Waals surface area contributed by atoms with Crippen LogP contribution in [-0.2, 0) is 24.0 Å². The molecule has 7 rings (SSSR count). The van der Waals surface area contributed by atoms with Crippen LogP contribution in [0.15, 0.2) is 48.1 Å². The highest BCUT2D eigenvalue weighted by molar-refractivity contribution is 7.99. The maximum atomic E-state index is 17.7. The third kappa shape index (κ3) is 4.01. The van der Waals surface area contributed by atoms with E-state index in [4.69, 9.17) is 21.2 Å². The van der Waals surface area contributed by atoms with Gasteiger partial charge in [0.15, 0.2) is 23.7 Å². The highest BCUT2D eigenvalue weighted by atomic mass is 35.5. The molecule has 1 aromatic carbocycles. The van der Waals surface area contributed by atoms with Crippen molar-refractivity contribution < 1.29 is 37.8 Å². The van der Waals surface area contributed by atoms with Gasteiger partial charge < -0.3 is 9.84 Å². The number of esters is 1. The molecule has 1 aromatic rings. The van der Waals surface area contributed by atoms with E-state index in [0.29, 0.717) is 28.8 Å². The van der Waals surface area contributed by atoms with Gasteiger partial charge in [0.25, 0.3) is 0 Å². The highest BCUT2D eigenvalue weighted by Crippen LogP contribution is 2.72. The van der Waals surface area contributed by atoms with E-state index < -0.39 is 82.3 Å². The Morgan fingerprint density at radius 3 is 2.68 bits per heavy atom. The molecule has 2 N–H and O–H groups in total. The molecule has 2 aliphatic heterocycles. The molecule has 0 amide bonds. The van der Waals surface area contributed by atoms with Crippen molar-refractivity contribution >= 4 is 46.6 Å². The third-order valence-corrected chi connectivity index (χ3v) is 12.7. The zero-order valence-electron chi connectivity index (χ0n) is 24.4. The summed E-state index contributed by atoms with van der Waals surface area (Å²) in [5, 5.41) is 17.0. The number of fused-ring (bicyclic) bond motifs is 7. The van der Waals surface area contributed by atoms with Crippen LogP contribution in [0.5, 0.6) is 0 Å². The molecule has 236 valence electrons. The molecular formula is C32H35ClF2N2O6S. The number of carbonyl (C=O) groups excluding carboxylic acids is 3. The van der Waals surface area contributed by atoms with Crippen molar-refractivity contribution in [2.75, 3.05) is 29.8 Å². The number of hydroxylamine groups is 1. The molecule has 2 saturated heterocycles. The fourth-order valence-corrected chi connectivity index (χ4v) is 10.5. The van der Waals surface area contributed by atoms with Crippen LogP contribution in [0.4, 0.5) is 14.5 Å². The molecule has 2 heterocycles. The number of anilines is 1. The van der Waals surface area contributed by atoms with Crippen LogP contribution in [0.2, 0.25) is 5.02 Å². The summed E-state index contributed by atoms with van der Waals surface area (Å²) in [6, 6.07) is 6.44. The molecular weight excluding hydrogens is 614 g/mol. The van der Waals surface area contributed by atoms with Gasteiger partial charge in [-0.05, 0) is 74.1 Å². The number of ether oxygens (including phenoxy) is 1. The summed E-state index contributed by atoms with van der Waals surface area (Å²) in [4.78, 5) is 46.0. The molecule has 6 aliphatic rings. The Morgan fingerprint density at radius 1 is 1.23 bits per heavy atom. The zero-order chi connectivity index (χ0) is 31.2.